The largest absolute Gasteiger partial charge is 0.368 e. The van der Waals surface area contributed by atoms with Crippen molar-refractivity contribution in [3.63, 3.8) is 0 Å². The molecule has 33 heavy (non-hydrogen) atoms. The molecule has 0 N–H and O–H groups in total. The number of aromatic nitrogens is 2. The Morgan fingerprint density at radius 3 is 2.52 bits per heavy atom. The second-order valence-electron chi connectivity index (χ2n) is 10.1. The van der Waals surface area contributed by atoms with Gasteiger partial charge in [0, 0.05) is 57.3 Å². The maximum Gasteiger partial charge on any atom is 0.181 e. The van der Waals surface area contributed by atoms with Crippen molar-refractivity contribution >= 4 is 23.3 Å². The van der Waals surface area contributed by atoms with Gasteiger partial charge in [0.05, 0.1) is 17.6 Å². The van der Waals surface area contributed by atoms with Gasteiger partial charge in [0.1, 0.15) is 5.69 Å². The number of carbonyl (C=O) groups is 2. The molecule has 2 aromatic heterocycles. The highest BCUT2D eigenvalue weighted by Gasteiger charge is 2.33. The molecule has 0 unspecified atom stereocenters. The predicted molar refractivity (Wildman–Crippen MR) is 127 cm³/mol. The molecule has 6 nitrogen and oxygen atoms in total. The van der Waals surface area contributed by atoms with E-state index in [0.29, 0.717) is 30.4 Å². The molecule has 0 radical (unpaired) electrons. The number of hydrogen-bond donors (Lipinski definition) is 0. The second-order valence-corrected chi connectivity index (χ2v) is 10.1. The minimum Gasteiger partial charge on any atom is -0.368 e. The Kier molecular flexibility index (Phi) is 5.33. The van der Waals surface area contributed by atoms with Crippen molar-refractivity contribution in [1.82, 2.24) is 14.9 Å². The topological polar surface area (TPSA) is 66.4 Å². The van der Waals surface area contributed by atoms with Gasteiger partial charge in [0.25, 0.3) is 0 Å². The van der Waals surface area contributed by atoms with Crippen LogP contribution in [0.4, 0.5) is 5.69 Å². The van der Waals surface area contributed by atoms with Gasteiger partial charge in [0.2, 0.25) is 0 Å². The highest BCUT2D eigenvalue weighted by Crippen LogP contribution is 2.40. The Morgan fingerprint density at radius 1 is 1.00 bits per heavy atom. The molecule has 1 saturated heterocycles. The number of piperazine rings is 1. The van der Waals surface area contributed by atoms with Crippen molar-refractivity contribution in [3.05, 3.63) is 58.7 Å². The van der Waals surface area contributed by atoms with Crippen LogP contribution in [0.2, 0.25) is 0 Å². The van der Waals surface area contributed by atoms with Crippen molar-refractivity contribution in [2.75, 3.05) is 31.1 Å². The van der Waals surface area contributed by atoms with E-state index in [1.54, 1.807) is 0 Å². The molecule has 2 aromatic rings. The summed E-state index contributed by atoms with van der Waals surface area (Å²) >= 11 is 0. The first-order valence-electron chi connectivity index (χ1n) is 12.3. The van der Waals surface area contributed by atoms with E-state index in [2.05, 4.69) is 25.8 Å². The van der Waals surface area contributed by atoms with Gasteiger partial charge >= 0.3 is 0 Å². The molecule has 6 rings (SSSR count). The first-order chi connectivity index (χ1) is 16.1. The average Bonchev–Trinajstić information content (AvgIpc) is 3.75. The number of rotatable bonds is 7. The molecule has 3 aliphatic carbocycles. The van der Waals surface area contributed by atoms with Crippen molar-refractivity contribution in [2.24, 2.45) is 11.8 Å². The van der Waals surface area contributed by atoms with Gasteiger partial charge in [-0.15, -0.1) is 0 Å². The molecule has 3 heterocycles. The fraction of sp³-hybridized carbons (Fsp3) is 0.481. The Bertz CT molecular complexity index is 1110. The van der Waals surface area contributed by atoms with Crippen LogP contribution in [0, 0.1) is 11.8 Å². The number of Topliss-reactive ketones (excluding diaryl/α,β-unsaturated/α-hetero) is 2. The van der Waals surface area contributed by atoms with Crippen LogP contribution in [-0.2, 0) is 17.8 Å². The number of anilines is 1. The molecule has 0 atom stereocenters. The number of nitrogens with zero attached hydrogens (tertiary/aromatic N) is 4. The lowest BCUT2D eigenvalue weighted by atomic mass is 9.91. The number of fused-ring (bicyclic) bond motifs is 1. The van der Waals surface area contributed by atoms with E-state index in [9.17, 15) is 9.59 Å². The summed E-state index contributed by atoms with van der Waals surface area (Å²) in [7, 11) is 0. The number of ketones is 2. The molecule has 0 bridgehead atoms. The molecule has 2 saturated carbocycles. The Morgan fingerprint density at radius 2 is 1.82 bits per heavy atom. The van der Waals surface area contributed by atoms with Crippen LogP contribution < -0.4 is 4.90 Å². The lowest BCUT2D eigenvalue weighted by Crippen LogP contribution is -2.46. The van der Waals surface area contributed by atoms with Crippen LogP contribution >= 0.6 is 0 Å². The summed E-state index contributed by atoms with van der Waals surface area (Å²) in [6, 6.07) is 6.10. The smallest absolute Gasteiger partial charge is 0.181 e. The van der Waals surface area contributed by atoms with Crippen molar-refractivity contribution < 1.29 is 9.59 Å². The molecular weight excluding hydrogens is 412 g/mol. The summed E-state index contributed by atoms with van der Waals surface area (Å²) in [5.41, 5.74) is 5.92. The van der Waals surface area contributed by atoms with Gasteiger partial charge in [-0.1, -0.05) is 6.07 Å². The van der Waals surface area contributed by atoms with E-state index in [4.69, 9.17) is 0 Å². The molecule has 1 aliphatic heterocycles. The number of carbonyl (C=O) groups excluding carboxylic acids is 2. The second kappa shape index (κ2) is 8.49. The average molecular weight is 443 g/mol. The predicted octanol–water partition coefficient (Wildman–Crippen LogP) is 3.70. The van der Waals surface area contributed by atoms with Crippen LogP contribution in [-0.4, -0.2) is 52.6 Å². The van der Waals surface area contributed by atoms with Gasteiger partial charge in [-0.05, 0) is 66.9 Å². The molecule has 0 spiro atoms. The van der Waals surface area contributed by atoms with Crippen LogP contribution in [0.15, 0.2) is 36.2 Å². The summed E-state index contributed by atoms with van der Waals surface area (Å²) in [6.07, 6.45) is 11.7. The maximum absolute atomic E-state index is 12.5. The van der Waals surface area contributed by atoms with E-state index < -0.39 is 0 Å². The van der Waals surface area contributed by atoms with Gasteiger partial charge in [-0.25, -0.2) is 0 Å². The third kappa shape index (κ3) is 4.62. The lowest BCUT2D eigenvalue weighted by Gasteiger charge is -2.36. The fourth-order valence-electron chi connectivity index (χ4n) is 5.02. The highest BCUT2D eigenvalue weighted by molar-refractivity contribution is 6.04. The third-order valence-corrected chi connectivity index (χ3v) is 7.39. The van der Waals surface area contributed by atoms with Gasteiger partial charge in [-0.3, -0.25) is 24.5 Å². The van der Waals surface area contributed by atoms with Crippen LogP contribution in [0.5, 0.6) is 0 Å². The molecule has 0 aromatic carbocycles. The number of pyridine rings is 2. The molecule has 6 heteroatoms. The zero-order valence-corrected chi connectivity index (χ0v) is 19.0. The lowest BCUT2D eigenvalue weighted by molar-refractivity contribution is -0.115. The fourth-order valence-corrected chi connectivity index (χ4v) is 5.02. The maximum atomic E-state index is 12.5. The first kappa shape index (κ1) is 20.7. The summed E-state index contributed by atoms with van der Waals surface area (Å²) in [5, 5.41) is 0. The van der Waals surface area contributed by atoms with E-state index in [0.717, 1.165) is 68.1 Å². The zero-order chi connectivity index (χ0) is 22.4. The van der Waals surface area contributed by atoms with E-state index >= 15 is 0 Å². The first-order valence-corrected chi connectivity index (χ1v) is 12.3. The molecular formula is C27H30N4O2. The number of hydrogen-bond acceptors (Lipinski definition) is 6. The summed E-state index contributed by atoms with van der Waals surface area (Å²) in [5.74, 6) is 1.53. The van der Waals surface area contributed by atoms with E-state index in [-0.39, 0.29) is 11.6 Å². The standard InChI is InChI=1S/C27H30N4O2/c32-26-13-21-11-19(15-28-25(21)14-23(26)20-3-4-20)17-30-7-9-31(10-8-30)22-5-6-24(29-16-22)27(33)12-18-1-2-18/h5-6,11,14-16,18,20H,1-4,7-10,12-13,17H2. The Balaban J connectivity index is 1.04. The molecule has 0 amide bonds. The minimum absolute atomic E-state index is 0.175. The highest BCUT2D eigenvalue weighted by atomic mass is 16.1. The van der Waals surface area contributed by atoms with Gasteiger partial charge < -0.3 is 4.90 Å². The van der Waals surface area contributed by atoms with Crippen molar-refractivity contribution in [3.8, 4) is 0 Å². The van der Waals surface area contributed by atoms with Crippen molar-refractivity contribution in [1.29, 1.82) is 0 Å². The van der Waals surface area contributed by atoms with Crippen LogP contribution in [0.25, 0.3) is 6.08 Å². The van der Waals surface area contributed by atoms with Gasteiger partial charge in [-0.2, -0.15) is 0 Å². The minimum atomic E-state index is 0.175. The Labute approximate surface area is 194 Å². The molecule has 3 fully saturated rings. The normalized spacial score (nSPS) is 21.0. The monoisotopic (exact) mass is 442 g/mol. The van der Waals surface area contributed by atoms with Crippen molar-refractivity contribution in [2.45, 2.75) is 45.1 Å². The summed E-state index contributed by atoms with van der Waals surface area (Å²) in [6.45, 7) is 4.64. The molecule has 170 valence electrons. The number of allylic oxidation sites excluding steroid dienone is 1. The third-order valence-electron chi connectivity index (χ3n) is 7.39. The summed E-state index contributed by atoms with van der Waals surface area (Å²) in [4.78, 5) is 38.6. The van der Waals surface area contributed by atoms with E-state index in [1.807, 2.05) is 30.6 Å². The SMILES string of the molecule is O=C1Cc2cc(CN3CCN(c4ccc(C(=O)CC5CC5)nc4)CC3)cnc2C=C1C1CC1. The van der Waals surface area contributed by atoms with Crippen LogP contribution in [0.1, 0.15) is 59.4 Å². The summed E-state index contributed by atoms with van der Waals surface area (Å²) < 4.78 is 0. The zero-order valence-electron chi connectivity index (χ0n) is 19.0. The van der Waals surface area contributed by atoms with E-state index in [1.165, 1.54) is 18.4 Å². The van der Waals surface area contributed by atoms with Crippen LogP contribution in [0.3, 0.4) is 0 Å². The van der Waals surface area contributed by atoms with Gasteiger partial charge in [0.15, 0.2) is 11.6 Å². The Hall–Kier alpha value is -2.86. The molecule has 4 aliphatic rings. The quantitative estimate of drug-likeness (QED) is 0.609.